The molecule has 5 heteroatoms. The van der Waals surface area contributed by atoms with E-state index in [0.29, 0.717) is 18.0 Å². The van der Waals surface area contributed by atoms with Crippen LogP contribution in [0, 0.1) is 5.41 Å². The predicted molar refractivity (Wildman–Crippen MR) is 70.2 cm³/mol. The lowest BCUT2D eigenvalue weighted by atomic mass is 9.67. The first-order chi connectivity index (χ1) is 9.16. The van der Waals surface area contributed by atoms with Gasteiger partial charge in [0.15, 0.2) is 0 Å². The van der Waals surface area contributed by atoms with Gasteiger partial charge in [-0.25, -0.2) is 9.69 Å². The topological polar surface area (TPSA) is 58.6 Å². The molecule has 1 aromatic rings. The summed E-state index contributed by atoms with van der Waals surface area (Å²) in [5.74, 6) is 0.625. The normalized spacial score (nSPS) is 21.0. The second kappa shape index (κ2) is 4.26. The number of ether oxygens (including phenoxy) is 1. The van der Waals surface area contributed by atoms with Crippen molar-refractivity contribution in [3.63, 3.8) is 0 Å². The summed E-state index contributed by atoms with van der Waals surface area (Å²) in [6.45, 7) is 0.470. The minimum Gasteiger partial charge on any atom is -0.497 e. The van der Waals surface area contributed by atoms with Crippen LogP contribution in [-0.2, 0) is 4.79 Å². The van der Waals surface area contributed by atoms with Gasteiger partial charge in [-0.2, -0.15) is 0 Å². The molecular weight excluding hydrogens is 244 g/mol. The molecule has 0 unspecified atom stereocenters. The summed E-state index contributed by atoms with van der Waals surface area (Å²) in [6, 6.07) is 6.62. The van der Waals surface area contributed by atoms with E-state index in [9.17, 15) is 9.59 Å². The number of carbonyl (C=O) groups is 2. The first-order valence-corrected chi connectivity index (χ1v) is 6.43. The van der Waals surface area contributed by atoms with Gasteiger partial charge in [0.05, 0.1) is 18.2 Å². The van der Waals surface area contributed by atoms with Crippen LogP contribution in [0.5, 0.6) is 5.75 Å². The van der Waals surface area contributed by atoms with Crippen LogP contribution in [0.15, 0.2) is 24.3 Å². The molecule has 3 amide bonds. The predicted octanol–water partition coefficient (Wildman–Crippen LogP) is 1.92. The number of hydrogen-bond acceptors (Lipinski definition) is 3. The SMILES string of the molecule is COc1ccc(N2C(=O)NCC3(CCC3)C2=O)cc1. The van der Waals surface area contributed by atoms with Gasteiger partial charge in [0.1, 0.15) is 5.75 Å². The molecule has 0 radical (unpaired) electrons. The molecule has 2 aliphatic rings. The van der Waals surface area contributed by atoms with Crippen LogP contribution in [0.25, 0.3) is 0 Å². The number of methoxy groups -OCH3 is 1. The second-order valence-electron chi connectivity index (χ2n) is 5.13. The Balaban J connectivity index is 1.91. The Kier molecular flexibility index (Phi) is 2.69. The average Bonchev–Trinajstić information content (AvgIpc) is 2.38. The van der Waals surface area contributed by atoms with Crippen molar-refractivity contribution in [2.45, 2.75) is 19.3 Å². The van der Waals surface area contributed by atoms with Gasteiger partial charge in [-0.3, -0.25) is 4.79 Å². The fourth-order valence-corrected chi connectivity index (χ4v) is 2.69. The van der Waals surface area contributed by atoms with E-state index in [1.54, 1.807) is 31.4 Å². The number of hydrogen-bond donors (Lipinski definition) is 1. The van der Waals surface area contributed by atoms with Gasteiger partial charge in [0, 0.05) is 6.54 Å². The Bertz CT molecular complexity index is 520. The van der Waals surface area contributed by atoms with Gasteiger partial charge in [0.2, 0.25) is 5.91 Å². The molecule has 100 valence electrons. The number of amides is 3. The van der Waals surface area contributed by atoms with E-state index in [4.69, 9.17) is 4.74 Å². The van der Waals surface area contributed by atoms with Crippen molar-refractivity contribution in [3.05, 3.63) is 24.3 Å². The van der Waals surface area contributed by atoms with E-state index < -0.39 is 0 Å². The Morgan fingerprint density at radius 2 is 1.89 bits per heavy atom. The van der Waals surface area contributed by atoms with Crippen molar-refractivity contribution in [3.8, 4) is 5.75 Å². The van der Waals surface area contributed by atoms with E-state index in [-0.39, 0.29) is 17.4 Å². The van der Waals surface area contributed by atoms with Crippen molar-refractivity contribution in [1.82, 2.24) is 5.32 Å². The van der Waals surface area contributed by atoms with Gasteiger partial charge in [-0.15, -0.1) is 0 Å². The maximum absolute atomic E-state index is 12.5. The summed E-state index contributed by atoms with van der Waals surface area (Å²) in [4.78, 5) is 25.7. The van der Waals surface area contributed by atoms with E-state index >= 15 is 0 Å². The highest BCUT2D eigenvalue weighted by molar-refractivity contribution is 6.18. The van der Waals surface area contributed by atoms with Crippen molar-refractivity contribution < 1.29 is 14.3 Å². The Hall–Kier alpha value is -2.04. The molecular formula is C14H16N2O3. The van der Waals surface area contributed by atoms with Crippen LogP contribution in [-0.4, -0.2) is 25.6 Å². The van der Waals surface area contributed by atoms with Gasteiger partial charge in [-0.05, 0) is 37.1 Å². The third-order valence-corrected chi connectivity index (χ3v) is 4.08. The van der Waals surface area contributed by atoms with Crippen molar-refractivity contribution in [2.75, 3.05) is 18.6 Å². The molecule has 0 atom stereocenters. The number of urea groups is 1. The highest BCUT2D eigenvalue weighted by Gasteiger charge is 2.51. The molecule has 1 aromatic carbocycles. The summed E-state index contributed by atoms with van der Waals surface area (Å²) >= 11 is 0. The standard InChI is InChI=1S/C14H16N2O3/c1-19-11-5-3-10(4-6-11)16-12(17)14(7-2-8-14)9-15-13(16)18/h3-6H,2,7-9H2,1H3,(H,15,18). The highest BCUT2D eigenvalue weighted by atomic mass is 16.5. The van der Waals surface area contributed by atoms with Gasteiger partial charge in [0.25, 0.3) is 0 Å². The number of rotatable bonds is 2. The van der Waals surface area contributed by atoms with Crippen LogP contribution in [0.4, 0.5) is 10.5 Å². The van der Waals surface area contributed by atoms with E-state index in [1.807, 2.05) is 0 Å². The molecule has 3 rings (SSSR count). The number of benzene rings is 1. The summed E-state index contributed by atoms with van der Waals surface area (Å²) < 4.78 is 5.08. The summed E-state index contributed by atoms with van der Waals surface area (Å²) in [6.07, 6.45) is 2.77. The maximum atomic E-state index is 12.5. The van der Waals surface area contributed by atoms with Crippen molar-refractivity contribution in [1.29, 1.82) is 0 Å². The number of nitrogens with one attached hydrogen (secondary N) is 1. The first-order valence-electron chi connectivity index (χ1n) is 6.43. The molecule has 1 aliphatic heterocycles. The quantitative estimate of drug-likeness (QED) is 0.883. The molecule has 0 aromatic heterocycles. The van der Waals surface area contributed by atoms with Crippen molar-refractivity contribution in [2.24, 2.45) is 5.41 Å². The zero-order valence-electron chi connectivity index (χ0n) is 10.8. The molecule has 1 N–H and O–H groups in total. The lowest BCUT2D eigenvalue weighted by Gasteiger charge is -2.46. The lowest BCUT2D eigenvalue weighted by molar-refractivity contribution is -0.132. The molecule has 0 bridgehead atoms. The van der Waals surface area contributed by atoms with Crippen LogP contribution < -0.4 is 15.0 Å². The highest BCUT2D eigenvalue weighted by Crippen LogP contribution is 2.44. The molecule has 5 nitrogen and oxygen atoms in total. The minimum atomic E-state index is -0.367. The largest absolute Gasteiger partial charge is 0.497 e. The molecule has 2 fully saturated rings. The third kappa shape index (κ3) is 1.77. The van der Waals surface area contributed by atoms with Gasteiger partial charge >= 0.3 is 6.03 Å². The van der Waals surface area contributed by atoms with E-state index in [2.05, 4.69) is 5.32 Å². The van der Waals surface area contributed by atoms with Crippen LogP contribution in [0.1, 0.15) is 19.3 Å². The fraction of sp³-hybridized carbons (Fsp3) is 0.429. The summed E-state index contributed by atoms with van der Waals surface area (Å²) in [5.41, 5.74) is 0.225. The lowest BCUT2D eigenvalue weighted by Crippen LogP contribution is -2.63. The zero-order chi connectivity index (χ0) is 13.5. The number of imide groups is 1. The Morgan fingerprint density at radius 3 is 2.42 bits per heavy atom. The maximum Gasteiger partial charge on any atom is 0.328 e. The second-order valence-corrected chi connectivity index (χ2v) is 5.13. The van der Waals surface area contributed by atoms with Gasteiger partial charge in [-0.1, -0.05) is 6.42 Å². The number of nitrogens with zero attached hydrogens (tertiary/aromatic N) is 1. The van der Waals surface area contributed by atoms with Crippen LogP contribution in [0.3, 0.4) is 0 Å². The van der Waals surface area contributed by atoms with Gasteiger partial charge < -0.3 is 10.1 Å². The molecule has 1 saturated carbocycles. The number of carbonyl (C=O) groups excluding carboxylic acids is 2. The number of anilines is 1. The fourth-order valence-electron chi connectivity index (χ4n) is 2.69. The average molecular weight is 260 g/mol. The molecule has 19 heavy (non-hydrogen) atoms. The molecule has 1 aliphatic carbocycles. The zero-order valence-corrected chi connectivity index (χ0v) is 10.8. The van der Waals surface area contributed by atoms with Crippen LogP contribution >= 0.6 is 0 Å². The van der Waals surface area contributed by atoms with Crippen molar-refractivity contribution >= 4 is 17.6 Å². The molecule has 1 heterocycles. The summed E-state index contributed by atoms with van der Waals surface area (Å²) in [5, 5.41) is 2.82. The molecule has 1 saturated heterocycles. The third-order valence-electron chi connectivity index (χ3n) is 4.08. The smallest absolute Gasteiger partial charge is 0.328 e. The monoisotopic (exact) mass is 260 g/mol. The Labute approximate surface area is 111 Å². The summed E-state index contributed by atoms with van der Waals surface area (Å²) in [7, 11) is 1.58. The minimum absolute atomic E-state index is 0.0762. The van der Waals surface area contributed by atoms with Crippen LogP contribution in [0.2, 0.25) is 0 Å². The molecule has 1 spiro atoms. The first kappa shape index (κ1) is 12.0. The van der Waals surface area contributed by atoms with E-state index in [0.717, 1.165) is 19.3 Å². The Morgan fingerprint density at radius 1 is 1.21 bits per heavy atom. The van der Waals surface area contributed by atoms with E-state index in [1.165, 1.54) is 4.90 Å².